The summed E-state index contributed by atoms with van der Waals surface area (Å²) < 4.78 is 0. The second-order valence-corrected chi connectivity index (χ2v) is 6.06. The fourth-order valence-corrected chi connectivity index (χ4v) is 2.40. The quantitative estimate of drug-likeness (QED) is 0.884. The van der Waals surface area contributed by atoms with Crippen molar-refractivity contribution in [3.63, 3.8) is 0 Å². The molecule has 0 spiro atoms. The van der Waals surface area contributed by atoms with Gasteiger partial charge in [-0.3, -0.25) is 4.79 Å². The van der Waals surface area contributed by atoms with Gasteiger partial charge in [-0.15, -0.1) is 0 Å². The smallest absolute Gasteiger partial charge is 0.229 e. The minimum absolute atomic E-state index is 0.0796. The number of benzene rings is 1. The van der Waals surface area contributed by atoms with E-state index in [0.29, 0.717) is 0 Å². The van der Waals surface area contributed by atoms with Crippen LogP contribution in [0.3, 0.4) is 0 Å². The lowest BCUT2D eigenvalue weighted by Gasteiger charge is -2.25. The van der Waals surface area contributed by atoms with E-state index >= 15 is 0 Å². The maximum atomic E-state index is 12.2. The van der Waals surface area contributed by atoms with Crippen LogP contribution in [0.5, 0.6) is 0 Å². The third kappa shape index (κ3) is 3.16. The Labute approximate surface area is 115 Å². The monoisotopic (exact) mass is 258 g/mol. The minimum atomic E-state index is -0.197. The molecule has 1 heterocycles. The number of amides is 1. The molecule has 1 fully saturated rings. The van der Waals surface area contributed by atoms with Gasteiger partial charge in [0.1, 0.15) is 0 Å². The van der Waals surface area contributed by atoms with Crippen LogP contribution in [0.2, 0.25) is 0 Å². The van der Waals surface area contributed by atoms with Gasteiger partial charge in [0.05, 0.1) is 5.92 Å². The molecule has 1 aromatic carbocycles. The van der Waals surface area contributed by atoms with Crippen molar-refractivity contribution in [2.24, 2.45) is 5.92 Å². The van der Waals surface area contributed by atoms with Crippen LogP contribution in [0.15, 0.2) is 42.6 Å². The number of anilines is 1. The maximum Gasteiger partial charge on any atom is 0.229 e. The van der Waals surface area contributed by atoms with Crippen LogP contribution in [-0.2, 0) is 4.79 Å². The molecule has 1 N–H and O–H groups in total. The molecule has 3 heteroatoms. The summed E-state index contributed by atoms with van der Waals surface area (Å²) in [5.41, 5.74) is 1.81. The highest BCUT2D eigenvalue weighted by molar-refractivity contribution is 5.84. The van der Waals surface area contributed by atoms with E-state index in [1.807, 2.05) is 39.0 Å². The van der Waals surface area contributed by atoms with Gasteiger partial charge in [-0.2, -0.15) is 0 Å². The summed E-state index contributed by atoms with van der Waals surface area (Å²) in [6.07, 6.45) is 0.829. The molecule has 1 amide bonds. The Balaban J connectivity index is 2.08. The molecule has 102 valence electrons. The van der Waals surface area contributed by atoms with Crippen molar-refractivity contribution in [1.29, 1.82) is 0 Å². The van der Waals surface area contributed by atoms with Crippen molar-refractivity contribution in [3.05, 3.63) is 42.6 Å². The summed E-state index contributed by atoms with van der Waals surface area (Å²) in [5.74, 6) is -0.0321. The van der Waals surface area contributed by atoms with E-state index < -0.39 is 0 Å². The molecule has 3 nitrogen and oxygen atoms in total. The molecule has 0 bridgehead atoms. The molecule has 2 rings (SSSR count). The lowest BCUT2D eigenvalue weighted by Crippen LogP contribution is -2.44. The van der Waals surface area contributed by atoms with Crippen molar-refractivity contribution in [1.82, 2.24) is 5.32 Å². The molecule has 1 unspecified atom stereocenters. The Hall–Kier alpha value is -1.77. The normalized spacial score (nSPS) is 19.6. The second-order valence-electron chi connectivity index (χ2n) is 6.06. The van der Waals surface area contributed by atoms with Gasteiger partial charge >= 0.3 is 0 Å². The van der Waals surface area contributed by atoms with Gasteiger partial charge in [0.2, 0.25) is 5.91 Å². The lowest BCUT2D eigenvalue weighted by atomic mass is 10.0. The summed E-state index contributed by atoms with van der Waals surface area (Å²) >= 11 is 0. The van der Waals surface area contributed by atoms with E-state index in [-0.39, 0.29) is 17.4 Å². The van der Waals surface area contributed by atoms with Gasteiger partial charge in [-0.25, -0.2) is 0 Å². The predicted octanol–water partition coefficient (Wildman–Crippen LogP) is 2.94. The number of hydrogen-bond donors (Lipinski definition) is 1. The van der Waals surface area contributed by atoms with E-state index in [1.54, 1.807) is 0 Å². The van der Waals surface area contributed by atoms with Gasteiger partial charge in [0, 0.05) is 23.5 Å². The number of rotatable bonds is 2. The first-order valence-corrected chi connectivity index (χ1v) is 6.72. The summed E-state index contributed by atoms with van der Waals surface area (Å²) in [6, 6.07) is 10.1. The standard InChI is InChI=1S/C16H22N2O/c1-12-14(15(19)17-16(2,3)4)10-11-18(12)13-8-6-5-7-9-13/h5-9,14H,1,10-11H2,2-4H3,(H,17,19). The van der Waals surface area contributed by atoms with Crippen LogP contribution in [0.4, 0.5) is 5.69 Å². The number of nitrogens with one attached hydrogen (secondary N) is 1. The maximum absolute atomic E-state index is 12.2. The zero-order chi connectivity index (χ0) is 14.0. The topological polar surface area (TPSA) is 32.3 Å². The average Bonchev–Trinajstić information content (AvgIpc) is 2.70. The first-order chi connectivity index (χ1) is 8.88. The van der Waals surface area contributed by atoms with Crippen molar-refractivity contribution < 1.29 is 4.79 Å². The van der Waals surface area contributed by atoms with Crippen LogP contribution in [0, 0.1) is 5.92 Å². The third-order valence-corrected chi connectivity index (χ3v) is 3.27. The van der Waals surface area contributed by atoms with Gasteiger partial charge in [0.15, 0.2) is 0 Å². The van der Waals surface area contributed by atoms with E-state index in [9.17, 15) is 4.79 Å². The van der Waals surface area contributed by atoms with Crippen LogP contribution in [0.1, 0.15) is 27.2 Å². The molecule has 1 aromatic rings. The van der Waals surface area contributed by atoms with Crippen molar-refractivity contribution >= 4 is 11.6 Å². The third-order valence-electron chi connectivity index (χ3n) is 3.27. The molecule has 0 aliphatic carbocycles. The lowest BCUT2D eigenvalue weighted by molar-refractivity contribution is -0.125. The Bertz CT molecular complexity index is 473. The van der Waals surface area contributed by atoms with E-state index in [2.05, 4.69) is 28.9 Å². The Morgan fingerprint density at radius 2 is 1.95 bits per heavy atom. The van der Waals surface area contributed by atoms with Crippen molar-refractivity contribution in [3.8, 4) is 0 Å². The molecule has 1 saturated heterocycles. The van der Waals surface area contributed by atoms with Crippen molar-refractivity contribution in [2.75, 3.05) is 11.4 Å². The highest BCUT2D eigenvalue weighted by Crippen LogP contribution is 2.32. The fourth-order valence-electron chi connectivity index (χ4n) is 2.40. The highest BCUT2D eigenvalue weighted by Gasteiger charge is 2.33. The molecule has 1 atom stereocenters. The van der Waals surface area contributed by atoms with Crippen LogP contribution >= 0.6 is 0 Å². The summed E-state index contributed by atoms with van der Waals surface area (Å²) in [5, 5.41) is 3.04. The molecule has 1 aliphatic rings. The number of hydrogen-bond acceptors (Lipinski definition) is 2. The summed E-state index contributed by atoms with van der Waals surface area (Å²) in [7, 11) is 0. The van der Waals surface area contributed by atoms with E-state index in [4.69, 9.17) is 0 Å². The Kier molecular flexibility index (Phi) is 3.65. The average molecular weight is 258 g/mol. The van der Waals surface area contributed by atoms with Crippen molar-refractivity contribution in [2.45, 2.75) is 32.7 Å². The first-order valence-electron chi connectivity index (χ1n) is 6.72. The van der Waals surface area contributed by atoms with Gasteiger partial charge in [-0.05, 0) is 39.3 Å². The molecular formula is C16H22N2O. The van der Waals surface area contributed by atoms with Crippen LogP contribution in [-0.4, -0.2) is 18.0 Å². The van der Waals surface area contributed by atoms with Gasteiger partial charge in [0.25, 0.3) is 0 Å². The Morgan fingerprint density at radius 3 is 2.53 bits per heavy atom. The first kappa shape index (κ1) is 13.7. The van der Waals surface area contributed by atoms with E-state index in [1.165, 1.54) is 0 Å². The SMILES string of the molecule is C=C1C(C(=O)NC(C)(C)C)CCN1c1ccccc1. The largest absolute Gasteiger partial charge is 0.351 e. The fraction of sp³-hybridized carbons (Fsp3) is 0.438. The second kappa shape index (κ2) is 5.08. The zero-order valence-corrected chi connectivity index (χ0v) is 11.9. The summed E-state index contributed by atoms with van der Waals surface area (Å²) in [4.78, 5) is 14.4. The molecule has 19 heavy (non-hydrogen) atoms. The molecule has 0 aromatic heterocycles. The Morgan fingerprint density at radius 1 is 1.32 bits per heavy atom. The molecular weight excluding hydrogens is 236 g/mol. The number of nitrogens with zero attached hydrogens (tertiary/aromatic N) is 1. The van der Waals surface area contributed by atoms with Gasteiger partial charge in [-0.1, -0.05) is 24.8 Å². The number of carbonyl (C=O) groups excluding carboxylic acids is 1. The van der Waals surface area contributed by atoms with E-state index in [0.717, 1.165) is 24.4 Å². The van der Waals surface area contributed by atoms with Crippen LogP contribution in [0.25, 0.3) is 0 Å². The zero-order valence-electron chi connectivity index (χ0n) is 11.9. The number of carbonyl (C=O) groups is 1. The molecule has 0 saturated carbocycles. The van der Waals surface area contributed by atoms with Crippen LogP contribution < -0.4 is 10.2 Å². The highest BCUT2D eigenvalue weighted by atomic mass is 16.2. The minimum Gasteiger partial charge on any atom is -0.351 e. The summed E-state index contributed by atoms with van der Waals surface area (Å²) in [6.45, 7) is 11.0. The number of para-hydroxylation sites is 1. The molecule has 0 radical (unpaired) electrons. The predicted molar refractivity (Wildman–Crippen MR) is 78.9 cm³/mol. The molecule has 1 aliphatic heterocycles. The van der Waals surface area contributed by atoms with Gasteiger partial charge < -0.3 is 10.2 Å².